The molecule has 0 radical (unpaired) electrons. The van der Waals surface area contributed by atoms with Crippen LogP contribution >= 0.6 is 0 Å². The van der Waals surface area contributed by atoms with Crippen LogP contribution in [0.1, 0.15) is 31.2 Å². The van der Waals surface area contributed by atoms with E-state index in [9.17, 15) is 9.59 Å². The van der Waals surface area contributed by atoms with E-state index in [1.165, 1.54) is 14.2 Å². The molecule has 0 aliphatic carbocycles. The second-order valence-corrected chi connectivity index (χ2v) is 4.20. The van der Waals surface area contributed by atoms with Gasteiger partial charge < -0.3 is 20.1 Å². The zero-order chi connectivity index (χ0) is 16.7. The minimum atomic E-state index is -0.652. The van der Waals surface area contributed by atoms with Gasteiger partial charge in [-0.2, -0.15) is 0 Å². The first-order valence-corrected chi connectivity index (χ1v) is 7.06. The summed E-state index contributed by atoms with van der Waals surface area (Å²) in [6.45, 7) is 4.00. The van der Waals surface area contributed by atoms with Gasteiger partial charge >= 0.3 is 5.97 Å². The number of anilines is 1. The van der Waals surface area contributed by atoms with Crippen LogP contribution in [-0.2, 0) is 14.3 Å². The molecule has 6 nitrogen and oxygen atoms in total. The zero-order valence-corrected chi connectivity index (χ0v) is 13.5. The largest absolute Gasteiger partial charge is 0.466 e. The van der Waals surface area contributed by atoms with Crippen molar-refractivity contribution in [2.75, 3.05) is 26.6 Å². The summed E-state index contributed by atoms with van der Waals surface area (Å²) in [5.74, 6) is -0.681. The summed E-state index contributed by atoms with van der Waals surface area (Å²) >= 11 is 0. The second-order valence-electron chi connectivity index (χ2n) is 4.20. The fourth-order valence-corrected chi connectivity index (χ4v) is 2.10. The van der Waals surface area contributed by atoms with Crippen LogP contribution in [0.25, 0.3) is 6.08 Å². The first kappa shape index (κ1) is 17.7. The van der Waals surface area contributed by atoms with Gasteiger partial charge in [-0.1, -0.05) is 26.0 Å². The topological polar surface area (TPSA) is 76.7 Å². The number of benzene rings is 1. The lowest BCUT2D eigenvalue weighted by Gasteiger charge is -2.27. The zero-order valence-electron chi connectivity index (χ0n) is 13.5. The van der Waals surface area contributed by atoms with Gasteiger partial charge in [0.05, 0.1) is 23.9 Å². The van der Waals surface area contributed by atoms with Gasteiger partial charge in [0.2, 0.25) is 0 Å². The highest BCUT2D eigenvalue weighted by molar-refractivity contribution is 6.04. The summed E-state index contributed by atoms with van der Waals surface area (Å²) in [5.41, 5.74) is 2.22. The number of rotatable bonds is 3. The van der Waals surface area contributed by atoms with Crippen molar-refractivity contribution in [1.29, 1.82) is 0 Å². The van der Waals surface area contributed by atoms with Gasteiger partial charge in [0.15, 0.2) is 6.23 Å². The van der Waals surface area contributed by atoms with Gasteiger partial charge in [-0.25, -0.2) is 4.79 Å². The summed E-state index contributed by atoms with van der Waals surface area (Å²) in [6, 6.07) is 5.27. The lowest BCUT2D eigenvalue weighted by Crippen LogP contribution is -2.33. The molecule has 1 amide bonds. The first-order chi connectivity index (χ1) is 10.6. The Kier molecular flexibility index (Phi) is 6.59. The minimum Gasteiger partial charge on any atom is -0.466 e. The molecule has 1 atom stereocenters. The van der Waals surface area contributed by atoms with Crippen LogP contribution < -0.4 is 10.6 Å². The van der Waals surface area contributed by atoms with Crippen molar-refractivity contribution in [3.63, 3.8) is 0 Å². The molecule has 122 valence electrons. The Balaban J connectivity index is 0.00000155. The monoisotopic (exact) mass is 308 g/mol. The van der Waals surface area contributed by atoms with Gasteiger partial charge in [0.25, 0.3) is 5.91 Å². The minimum absolute atomic E-state index is 0. The highest BCUT2D eigenvalue weighted by Gasteiger charge is 2.28. The Morgan fingerprint density at radius 3 is 2.50 bits per heavy atom. The molecule has 2 rings (SSSR count). The van der Waals surface area contributed by atoms with Crippen LogP contribution in [0.5, 0.6) is 0 Å². The van der Waals surface area contributed by atoms with Crippen molar-refractivity contribution in [3.8, 4) is 0 Å². The highest BCUT2D eigenvalue weighted by atomic mass is 16.5. The van der Waals surface area contributed by atoms with Gasteiger partial charge in [-0.3, -0.25) is 4.79 Å². The van der Waals surface area contributed by atoms with Crippen molar-refractivity contribution in [2.24, 2.45) is 0 Å². The van der Waals surface area contributed by atoms with E-state index in [0.29, 0.717) is 16.8 Å². The van der Waals surface area contributed by atoms with Gasteiger partial charge in [0.1, 0.15) is 0 Å². The molecule has 1 aliphatic rings. The highest BCUT2D eigenvalue weighted by Crippen LogP contribution is 2.31. The number of esters is 1. The smallest absolute Gasteiger partial charge is 0.338 e. The molecule has 0 saturated heterocycles. The average molecular weight is 308 g/mol. The number of hydrogen-bond donors (Lipinski definition) is 2. The first-order valence-electron chi connectivity index (χ1n) is 7.06. The average Bonchev–Trinajstić information content (AvgIpc) is 2.60. The normalized spacial score (nSPS) is 15.3. The van der Waals surface area contributed by atoms with Crippen LogP contribution in [0.2, 0.25) is 0 Å². The Morgan fingerprint density at radius 2 is 1.95 bits per heavy atom. The maximum absolute atomic E-state index is 11.8. The third-order valence-electron chi connectivity index (χ3n) is 3.09. The summed E-state index contributed by atoms with van der Waals surface area (Å²) in [7, 11) is 4.35. The maximum atomic E-state index is 11.8. The van der Waals surface area contributed by atoms with Crippen LogP contribution in [-0.4, -0.2) is 39.4 Å². The molecule has 22 heavy (non-hydrogen) atoms. The SMILES string of the molecule is CC.CNC(=O)c1cccc2c1NC(OC)C(C(=O)OC)=C2.[HH]. The van der Waals surface area contributed by atoms with E-state index in [4.69, 9.17) is 9.47 Å². The van der Waals surface area contributed by atoms with E-state index < -0.39 is 12.2 Å². The number of amides is 1. The molecule has 0 aromatic heterocycles. The van der Waals surface area contributed by atoms with Crippen molar-refractivity contribution in [1.82, 2.24) is 5.32 Å². The third kappa shape index (κ3) is 3.46. The standard InChI is InChI=1S/C14H16N2O4.C2H6.H2/c1-15-12(17)9-6-4-5-8-7-10(14(18)20-3)13(19-2)16-11(8)9;1-2;/h4-7,13,16H,1-3H3,(H,15,17);1-2H3;1H. The number of hydrogen-bond acceptors (Lipinski definition) is 5. The molecule has 1 aromatic rings. The number of carbonyl (C=O) groups is 2. The summed E-state index contributed by atoms with van der Waals surface area (Å²) in [4.78, 5) is 23.6. The van der Waals surface area contributed by atoms with Gasteiger partial charge in [-0.15, -0.1) is 0 Å². The number of methoxy groups -OCH3 is 2. The maximum Gasteiger partial charge on any atom is 0.338 e. The van der Waals surface area contributed by atoms with E-state index in [1.807, 2.05) is 19.9 Å². The summed E-state index contributed by atoms with van der Waals surface area (Å²) < 4.78 is 9.97. The molecule has 0 saturated carbocycles. The molecular weight excluding hydrogens is 284 g/mol. The lowest BCUT2D eigenvalue weighted by molar-refractivity contribution is -0.137. The Hall–Kier alpha value is -2.34. The number of ether oxygens (including phenoxy) is 2. The summed E-state index contributed by atoms with van der Waals surface area (Å²) in [6.07, 6.45) is 1.01. The molecule has 2 N–H and O–H groups in total. The van der Waals surface area contributed by atoms with Crippen molar-refractivity contribution in [2.45, 2.75) is 20.1 Å². The molecule has 1 aliphatic heterocycles. The predicted molar refractivity (Wildman–Crippen MR) is 87.7 cm³/mol. The predicted octanol–water partition coefficient (Wildman–Crippen LogP) is 2.27. The fraction of sp³-hybridized carbons (Fsp3) is 0.375. The van der Waals surface area contributed by atoms with Crippen LogP contribution in [0, 0.1) is 0 Å². The van der Waals surface area contributed by atoms with Crippen LogP contribution in [0.3, 0.4) is 0 Å². The van der Waals surface area contributed by atoms with Gasteiger partial charge in [-0.05, 0) is 17.7 Å². The fourth-order valence-electron chi connectivity index (χ4n) is 2.10. The van der Waals surface area contributed by atoms with Gasteiger partial charge in [0, 0.05) is 15.6 Å². The molecule has 0 fully saturated rings. The van der Waals surface area contributed by atoms with Crippen LogP contribution in [0.4, 0.5) is 5.69 Å². The molecule has 0 spiro atoms. The third-order valence-corrected chi connectivity index (χ3v) is 3.09. The van der Waals surface area contributed by atoms with Crippen molar-refractivity contribution < 1.29 is 20.5 Å². The van der Waals surface area contributed by atoms with Crippen molar-refractivity contribution in [3.05, 3.63) is 34.9 Å². The number of nitrogens with one attached hydrogen (secondary N) is 2. The Bertz CT molecular complexity index is 587. The lowest BCUT2D eigenvalue weighted by atomic mass is 9.99. The van der Waals surface area contributed by atoms with E-state index in [1.54, 1.807) is 25.3 Å². The van der Waals surface area contributed by atoms with Crippen LogP contribution in [0.15, 0.2) is 23.8 Å². The van der Waals surface area contributed by atoms with E-state index >= 15 is 0 Å². The van der Waals surface area contributed by atoms with Crippen molar-refractivity contribution >= 4 is 23.6 Å². The number of carbonyl (C=O) groups excluding carboxylic acids is 2. The molecule has 1 unspecified atom stereocenters. The second kappa shape index (κ2) is 8.19. The molecular formula is C16H24N2O4. The molecule has 1 aromatic carbocycles. The number of fused-ring (bicyclic) bond motifs is 1. The van der Waals surface area contributed by atoms with E-state index in [-0.39, 0.29) is 7.33 Å². The Morgan fingerprint density at radius 1 is 1.27 bits per heavy atom. The summed E-state index contributed by atoms with van der Waals surface area (Å²) in [5, 5.41) is 5.62. The Labute approximate surface area is 132 Å². The van der Waals surface area contributed by atoms with E-state index in [2.05, 4.69) is 10.6 Å². The number of para-hydroxylation sites is 1. The quantitative estimate of drug-likeness (QED) is 0.838. The molecule has 6 heteroatoms. The molecule has 0 bridgehead atoms. The van der Waals surface area contributed by atoms with E-state index in [0.717, 1.165) is 5.56 Å². The molecule has 1 heterocycles.